The number of esters is 1. The van der Waals surface area contributed by atoms with E-state index in [1.54, 1.807) is 14.2 Å². The van der Waals surface area contributed by atoms with E-state index in [4.69, 9.17) is 30.5 Å². The van der Waals surface area contributed by atoms with Crippen molar-refractivity contribution < 1.29 is 23.7 Å². The SMILES string of the molecule is CCOC(=O)CCCCCCOc1c(CN2CCN(Cc3ccc(Cl)cc3)CC2)ccc(OC)c1OC.Cl.Cl. The Hall–Kier alpha value is -1.90. The maximum absolute atomic E-state index is 11.5. The highest BCUT2D eigenvalue weighted by Crippen LogP contribution is 2.40. The zero-order valence-electron chi connectivity index (χ0n) is 23.3. The lowest BCUT2D eigenvalue weighted by atomic mass is 10.1. The molecule has 0 aliphatic carbocycles. The molecule has 1 aliphatic heterocycles. The smallest absolute Gasteiger partial charge is 0.305 e. The molecule has 1 aliphatic rings. The zero-order chi connectivity index (χ0) is 26.5. The van der Waals surface area contributed by atoms with E-state index in [0.29, 0.717) is 31.1 Å². The number of carbonyl (C=O) groups excluding carboxylic acids is 1. The van der Waals surface area contributed by atoms with E-state index in [2.05, 4.69) is 28.0 Å². The van der Waals surface area contributed by atoms with E-state index in [9.17, 15) is 4.79 Å². The molecule has 1 heterocycles. The van der Waals surface area contributed by atoms with Crippen molar-refractivity contribution in [3.05, 3.63) is 52.5 Å². The van der Waals surface area contributed by atoms with Gasteiger partial charge in [0.05, 0.1) is 27.4 Å². The molecular weight excluding hydrogens is 563 g/mol. The summed E-state index contributed by atoms with van der Waals surface area (Å²) in [6, 6.07) is 12.1. The molecule has 1 fully saturated rings. The van der Waals surface area contributed by atoms with Crippen LogP contribution in [0.2, 0.25) is 5.02 Å². The highest BCUT2D eigenvalue weighted by Gasteiger charge is 2.22. The van der Waals surface area contributed by atoms with Gasteiger partial charge in [0, 0.05) is 56.3 Å². The van der Waals surface area contributed by atoms with Crippen molar-refractivity contribution in [1.29, 1.82) is 0 Å². The topological polar surface area (TPSA) is 60.5 Å². The predicted octanol–water partition coefficient (Wildman–Crippen LogP) is 6.41. The summed E-state index contributed by atoms with van der Waals surface area (Å²) in [7, 11) is 3.30. The minimum absolute atomic E-state index is 0. The van der Waals surface area contributed by atoms with E-state index in [1.165, 1.54) is 5.56 Å². The molecule has 0 saturated carbocycles. The highest BCUT2D eigenvalue weighted by molar-refractivity contribution is 6.30. The summed E-state index contributed by atoms with van der Waals surface area (Å²) in [5.41, 5.74) is 2.39. The van der Waals surface area contributed by atoms with Crippen LogP contribution in [0.25, 0.3) is 0 Å². The third kappa shape index (κ3) is 11.6. The van der Waals surface area contributed by atoms with Crippen LogP contribution >= 0.6 is 36.4 Å². The van der Waals surface area contributed by atoms with Crippen LogP contribution in [-0.2, 0) is 22.6 Å². The molecule has 0 spiro atoms. The first-order valence-electron chi connectivity index (χ1n) is 13.3. The van der Waals surface area contributed by atoms with Gasteiger partial charge in [-0.05, 0) is 43.5 Å². The second-order valence-electron chi connectivity index (χ2n) is 9.29. The van der Waals surface area contributed by atoms with Gasteiger partial charge in [-0.2, -0.15) is 0 Å². The fraction of sp³-hybridized carbons (Fsp3) is 0.552. The minimum atomic E-state index is -0.115. The highest BCUT2D eigenvalue weighted by atomic mass is 35.5. The quantitative estimate of drug-likeness (QED) is 0.172. The lowest BCUT2D eigenvalue weighted by molar-refractivity contribution is -0.143. The summed E-state index contributed by atoms with van der Waals surface area (Å²) in [5.74, 6) is 1.96. The van der Waals surface area contributed by atoms with E-state index < -0.39 is 0 Å². The molecule has 7 nitrogen and oxygen atoms in total. The molecule has 0 amide bonds. The number of hydrogen-bond acceptors (Lipinski definition) is 7. The molecule has 0 N–H and O–H groups in total. The lowest BCUT2D eigenvalue weighted by Gasteiger charge is -2.35. The van der Waals surface area contributed by atoms with Gasteiger partial charge in [-0.25, -0.2) is 0 Å². The van der Waals surface area contributed by atoms with Crippen molar-refractivity contribution in [3.8, 4) is 17.2 Å². The fourth-order valence-electron chi connectivity index (χ4n) is 4.55. The molecule has 3 rings (SSSR count). The Morgan fingerprint density at radius 1 is 0.821 bits per heavy atom. The van der Waals surface area contributed by atoms with Crippen molar-refractivity contribution in [2.24, 2.45) is 0 Å². The summed E-state index contributed by atoms with van der Waals surface area (Å²) in [6.07, 6.45) is 4.21. The van der Waals surface area contributed by atoms with Gasteiger partial charge in [0.25, 0.3) is 0 Å². The minimum Gasteiger partial charge on any atom is -0.493 e. The Labute approximate surface area is 250 Å². The average Bonchev–Trinajstić information content (AvgIpc) is 2.91. The fourth-order valence-corrected chi connectivity index (χ4v) is 4.67. The van der Waals surface area contributed by atoms with E-state index in [-0.39, 0.29) is 30.8 Å². The Balaban J connectivity index is 0.00000380. The largest absolute Gasteiger partial charge is 0.493 e. The van der Waals surface area contributed by atoms with Crippen LogP contribution in [0.1, 0.15) is 50.2 Å². The number of nitrogens with zero attached hydrogens (tertiary/aromatic N) is 2. The first-order valence-corrected chi connectivity index (χ1v) is 13.6. The van der Waals surface area contributed by atoms with Gasteiger partial charge in [-0.3, -0.25) is 14.6 Å². The summed E-state index contributed by atoms with van der Waals surface area (Å²) in [4.78, 5) is 16.4. The molecular formula is C29H43Cl3N2O5. The van der Waals surface area contributed by atoms with Gasteiger partial charge in [0.1, 0.15) is 0 Å². The van der Waals surface area contributed by atoms with Gasteiger partial charge in [0.15, 0.2) is 11.5 Å². The van der Waals surface area contributed by atoms with Gasteiger partial charge in [0.2, 0.25) is 5.75 Å². The molecule has 10 heteroatoms. The molecule has 2 aromatic rings. The number of piperazine rings is 1. The first kappa shape index (κ1) is 35.1. The Morgan fingerprint density at radius 2 is 1.46 bits per heavy atom. The number of halogens is 3. The Morgan fingerprint density at radius 3 is 2.08 bits per heavy atom. The molecule has 220 valence electrons. The molecule has 0 aromatic heterocycles. The zero-order valence-corrected chi connectivity index (χ0v) is 25.7. The summed E-state index contributed by atoms with van der Waals surface area (Å²) in [5, 5.41) is 0.774. The van der Waals surface area contributed by atoms with Crippen LogP contribution in [0.4, 0.5) is 0 Å². The summed E-state index contributed by atoms with van der Waals surface area (Å²) >= 11 is 6.02. The first-order chi connectivity index (χ1) is 18.0. The number of benzene rings is 2. The van der Waals surface area contributed by atoms with Crippen LogP contribution in [-0.4, -0.2) is 69.4 Å². The van der Waals surface area contributed by atoms with E-state index in [1.807, 2.05) is 25.1 Å². The molecule has 2 aromatic carbocycles. The monoisotopic (exact) mass is 604 g/mol. The van der Waals surface area contributed by atoms with Crippen LogP contribution in [0.5, 0.6) is 17.2 Å². The van der Waals surface area contributed by atoms with Crippen LogP contribution < -0.4 is 14.2 Å². The summed E-state index contributed by atoms with van der Waals surface area (Å²) in [6.45, 7) is 8.60. The second-order valence-corrected chi connectivity index (χ2v) is 9.72. The second kappa shape index (κ2) is 19.2. The maximum Gasteiger partial charge on any atom is 0.305 e. The molecule has 0 atom stereocenters. The summed E-state index contributed by atoms with van der Waals surface area (Å²) < 4.78 is 22.5. The normalized spacial score (nSPS) is 13.6. The third-order valence-electron chi connectivity index (χ3n) is 6.59. The Kier molecular flexibility index (Phi) is 17.3. The third-order valence-corrected chi connectivity index (χ3v) is 6.84. The number of unbranched alkanes of at least 4 members (excludes halogenated alkanes) is 3. The van der Waals surface area contributed by atoms with Crippen molar-refractivity contribution in [2.75, 3.05) is 53.6 Å². The Bertz CT molecular complexity index is 970. The number of ether oxygens (including phenoxy) is 4. The van der Waals surface area contributed by atoms with Gasteiger partial charge in [-0.1, -0.05) is 42.6 Å². The van der Waals surface area contributed by atoms with Gasteiger partial charge >= 0.3 is 5.97 Å². The molecule has 0 bridgehead atoms. The number of hydrogen-bond donors (Lipinski definition) is 0. The van der Waals surface area contributed by atoms with E-state index in [0.717, 1.165) is 81.3 Å². The van der Waals surface area contributed by atoms with Crippen molar-refractivity contribution in [1.82, 2.24) is 9.80 Å². The number of methoxy groups -OCH3 is 2. The van der Waals surface area contributed by atoms with Gasteiger partial charge < -0.3 is 18.9 Å². The van der Waals surface area contributed by atoms with Crippen molar-refractivity contribution >= 4 is 42.4 Å². The number of carbonyl (C=O) groups is 1. The molecule has 1 saturated heterocycles. The molecule has 0 unspecified atom stereocenters. The van der Waals surface area contributed by atoms with Gasteiger partial charge in [-0.15, -0.1) is 24.8 Å². The van der Waals surface area contributed by atoms with Crippen molar-refractivity contribution in [2.45, 2.75) is 52.1 Å². The van der Waals surface area contributed by atoms with Crippen molar-refractivity contribution in [3.63, 3.8) is 0 Å². The maximum atomic E-state index is 11.5. The average molecular weight is 606 g/mol. The standard InChI is InChI=1S/C29H41ClN2O5.2ClH/c1-4-36-27(33)9-7-5-6-8-20-37-28-24(12-15-26(34-2)29(28)35-3)22-32-18-16-31(17-19-32)21-23-10-13-25(30)14-11-23;;/h10-15H,4-9,16-22H2,1-3H3;2*1H. The molecule has 0 radical (unpaired) electrons. The van der Waals surface area contributed by atoms with Crippen LogP contribution in [0, 0.1) is 0 Å². The molecule has 39 heavy (non-hydrogen) atoms. The predicted molar refractivity (Wildman–Crippen MR) is 161 cm³/mol. The van der Waals surface area contributed by atoms with Crippen LogP contribution in [0.3, 0.4) is 0 Å². The lowest BCUT2D eigenvalue weighted by Crippen LogP contribution is -2.45. The van der Waals surface area contributed by atoms with E-state index >= 15 is 0 Å². The number of rotatable bonds is 15. The van der Waals surface area contributed by atoms with Crippen LogP contribution in [0.15, 0.2) is 36.4 Å².